The lowest BCUT2D eigenvalue weighted by Crippen LogP contribution is -2.33. The highest BCUT2D eigenvalue weighted by molar-refractivity contribution is 5.28. The van der Waals surface area contributed by atoms with Crippen LogP contribution in [0.15, 0.2) is 29.1 Å². The first kappa shape index (κ1) is 19.6. The number of methoxy groups -OCH3 is 2. The third-order valence-corrected chi connectivity index (χ3v) is 5.27. The highest BCUT2D eigenvalue weighted by Crippen LogP contribution is 2.27. The predicted octanol–water partition coefficient (Wildman–Crippen LogP) is 2.10. The zero-order valence-electron chi connectivity index (χ0n) is 16.6. The minimum atomic E-state index is -0.0247. The van der Waals surface area contributed by atoms with Crippen LogP contribution in [0.25, 0.3) is 0 Å². The Hall–Kier alpha value is -2.12. The standard InChI is InChI=1S/C20H30N4O3/c1-4-23-19(21-24(20(23)25)12-13-26-2)17-8-10-22(11-9-17)15-16-6-5-7-18(14-16)27-3/h5-7,14,17H,4,8-13,15H2,1-3H3. The van der Waals surface area contributed by atoms with Gasteiger partial charge in [-0.25, -0.2) is 9.48 Å². The summed E-state index contributed by atoms with van der Waals surface area (Å²) in [5, 5.41) is 4.63. The van der Waals surface area contributed by atoms with E-state index in [0.717, 1.165) is 44.0 Å². The fraction of sp³-hybridized carbons (Fsp3) is 0.600. The van der Waals surface area contributed by atoms with E-state index in [0.29, 0.717) is 25.6 Å². The van der Waals surface area contributed by atoms with Crippen molar-refractivity contribution >= 4 is 0 Å². The first-order valence-electron chi connectivity index (χ1n) is 9.68. The van der Waals surface area contributed by atoms with E-state index < -0.39 is 0 Å². The number of piperidine rings is 1. The minimum Gasteiger partial charge on any atom is -0.497 e. The van der Waals surface area contributed by atoms with Crippen molar-refractivity contribution in [2.45, 2.75) is 45.3 Å². The Morgan fingerprint density at radius 2 is 2.00 bits per heavy atom. The smallest absolute Gasteiger partial charge is 0.345 e. The maximum atomic E-state index is 12.5. The van der Waals surface area contributed by atoms with Crippen molar-refractivity contribution in [3.8, 4) is 5.75 Å². The topological polar surface area (TPSA) is 61.5 Å². The van der Waals surface area contributed by atoms with Crippen LogP contribution in [0.5, 0.6) is 5.75 Å². The fourth-order valence-electron chi connectivity index (χ4n) is 3.76. The Bertz CT molecular complexity index is 791. The summed E-state index contributed by atoms with van der Waals surface area (Å²) in [4.78, 5) is 15.0. The summed E-state index contributed by atoms with van der Waals surface area (Å²) in [6, 6.07) is 8.24. The van der Waals surface area contributed by atoms with Gasteiger partial charge in [-0.1, -0.05) is 12.1 Å². The van der Waals surface area contributed by atoms with Gasteiger partial charge in [0, 0.05) is 26.1 Å². The number of benzene rings is 1. The molecule has 0 unspecified atom stereocenters. The predicted molar refractivity (Wildman–Crippen MR) is 104 cm³/mol. The Balaban J connectivity index is 1.64. The molecule has 0 radical (unpaired) electrons. The quantitative estimate of drug-likeness (QED) is 0.708. The molecule has 3 rings (SSSR count). The Kier molecular flexibility index (Phi) is 6.68. The molecule has 1 saturated heterocycles. The van der Waals surface area contributed by atoms with Crippen molar-refractivity contribution in [3.63, 3.8) is 0 Å². The molecule has 1 aromatic heterocycles. The van der Waals surface area contributed by atoms with Crippen LogP contribution in [0, 0.1) is 0 Å². The average molecular weight is 374 g/mol. The van der Waals surface area contributed by atoms with Gasteiger partial charge < -0.3 is 9.47 Å². The normalized spacial score (nSPS) is 16.0. The third kappa shape index (κ3) is 4.59. The molecule has 0 spiro atoms. The summed E-state index contributed by atoms with van der Waals surface area (Å²) in [6.45, 7) is 6.60. The van der Waals surface area contributed by atoms with Gasteiger partial charge in [-0.3, -0.25) is 9.47 Å². The number of aromatic nitrogens is 3. The van der Waals surface area contributed by atoms with E-state index >= 15 is 0 Å². The van der Waals surface area contributed by atoms with E-state index in [4.69, 9.17) is 9.47 Å². The maximum absolute atomic E-state index is 12.5. The van der Waals surface area contributed by atoms with Gasteiger partial charge in [-0.15, -0.1) is 0 Å². The van der Waals surface area contributed by atoms with E-state index in [2.05, 4.69) is 22.1 Å². The second-order valence-corrected chi connectivity index (χ2v) is 7.00. The molecule has 0 saturated carbocycles. The lowest BCUT2D eigenvalue weighted by Gasteiger charge is -2.31. The van der Waals surface area contributed by atoms with Crippen molar-refractivity contribution in [2.75, 3.05) is 33.9 Å². The maximum Gasteiger partial charge on any atom is 0.345 e. The van der Waals surface area contributed by atoms with Crippen molar-refractivity contribution in [3.05, 3.63) is 46.1 Å². The van der Waals surface area contributed by atoms with E-state index in [-0.39, 0.29) is 5.69 Å². The van der Waals surface area contributed by atoms with Gasteiger partial charge in [0.15, 0.2) is 0 Å². The molecular weight excluding hydrogens is 344 g/mol. The second kappa shape index (κ2) is 9.19. The minimum absolute atomic E-state index is 0.0247. The van der Waals surface area contributed by atoms with E-state index in [9.17, 15) is 4.79 Å². The van der Waals surface area contributed by atoms with Crippen LogP contribution in [0.4, 0.5) is 0 Å². The summed E-state index contributed by atoms with van der Waals surface area (Å²) in [5.74, 6) is 2.17. The van der Waals surface area contributed by atoms with Gasteiger partial charge in [0.25, 0.3) is 0 Å². The molecule has 0 bridgehead atoms. The first-order valence-corrected chi connectivity index (χ1v) is 9.68. The van der Waals surface area contributed by atoms with E-state index in [1.165, 1.54) is 5.56 Å². The summed E-state index contributed by atoms with van der Waals surface area (Å²) in [5.41, 5.74) is 1.24. The van der Waals surface area contributed by atoms with Crippen LogP contribution in [-0.2, 0) is 24.4 Å². The summed E-state index contributed by atoms with van der Waals surface area (Å²) < 4.78 is 13.8. The van der Waals surface area contributed by atoms with Crippen molar-refractivity contribution < 1.29 is 9.47 Å². The molecule has 27 heavy (non-hydrogen) atoms. The van der Waals surface area contributed by atoms with Crippen LogP contribution in [0.1, 0.15) is 37.1 Å². The Labute approximate surface area is 160 Å². The number of likely N-dealkylation sites (tertiary alicyclic amines) is 1. The van der Waals surface area contributed by atoms with Gasteiger partial charge in [0.1, 0.15) is 11.6 Å². The third-order valence-electron chi connectivity index (χ3n) is 5.27. The molecule has 1 aliphatic rings. The highest BCUT2D eigenvalue weighted by atomic mass is 16.5. The molecule has 0 atom stereocenters. The monoisotopic (exact) mass is 374 g/mol. The SMILES string of the molecule is CCn1c(C2CCN(Cc3cccc(OC)c3)CC2)nn(CCOC)c1=O. The van der Waals surface area contributed by atoms with Gasteiger partial charge in [-0.05, 0) is 50.6 Å². The molecule has 0 aliphatic carbocycles. The number of ether oxygens (including phenoxy) is 2. The van der Waals surface area contributed by atoms with Crippen LogP contribution < -0.4 is 10.4 Å². The zero-order chi connectivity index (χ0) is 19.2. The van der Waals surface area contributed by atoms with Gasteiger partial charge in [0.2, 0.25) is 0 Å². The summed E-state index contributed by atoms with van der Waals surface area (Å²) >= 11 is 0. The Morgan fingerprint density at radius 3 is 2.67 bits per heavy atom. The van der Waals surface area contributed by atoms with Crippen LogP contribution >= 0.6 is 0 Å². The highest BCUT2D eigenvalue weighted by Gasteiger charge is 2.26. The second-order valence-electron chi connectivity index (χ2n) is 7.00. The molecule has 148 valence electrons. The molecule has 0 N–H and O–H groups in total. The number of hydrogen-bond donors (Lipinski definition) is 0. The van der Waals surface area contributed by atoms with Gasteiger partial charge in [-0.2, -0.15) is 5.10 Å². The van der Waals surface area contributed by atoms with E-state index in [1.807, 2.05) is 23.6 Å². The van der Waals surface area contributed by atoms with Gasteiger partial charge in [0.05, 0.1) is 20.3 Å². The molecule has 1 aromatic carbocycles. The fourth-order valence-corrected chi connectivity index (χ4v) is 3.76. The Morgan fingerprint density at radius 1 is 1.22 bits per heavy atom. The molecule has 7 nitrogen and oxygen atoms in total. The lowest BCUT2D eigenvalue weighted by molar-refractivity contribution is 0.181. The lowest BCUT2D eigenvalue weighted by atomic mass is 9.95. The van der Waals surface area contributed by atoms with Crippen molar-refractivity contribution in [1.29, 1.82) is 0 Å². The zero-order valence-corrected chi connectivity index (χ0v) is 16.6. The van der Waals surface area contributed by atoms with Crippen LogP contribution in [-0.4, -0.2) is 53.2 Å². The average Bonchev–Trinajstić information content (AvgIpc) is 3.02. The van der Waals surface area contributed by atoms with Gasteiger partial charge >= 0.3 is 5.69 Å². The van der Waals surface area contributed by atoms with Crippen molar-refractivity contribution in [2.24, 2.45) is 0 Å². The molecule has 1 aliphatic heterocycles. The molecule has 0 amide bonds. The molecule has 2 aromatic rings. The largest absolute Gasteiger partial charge is 0.497 e. The van der Waals surface area contributed by atoms with Crippen LogP contribution in [0.2, 0.25) is 0 Å². The van der Waals surface area contributed by atoms with Crippen LogP contribution in [0.3, 0.4) is 0 Å². The molecule has 7 heteroatoms. The van der Waals surface area contributed by atoms with E-state index in [1.54, 1.807) is 18.9 Å². The van der Waals surface area contributed by atoms with Crippen molar-refractivity contribution in [1.82, 2.24) is 19.2 Å². The summed E-state index contributed by atoms with van der Waals surface area (Å²) in [7, 11) is 3.34. The number of hydrogen-bond acceptors (Lipinski definition) is 5. The summed E-state index contributed by atoms with van der Waals surface area (Å²) in [6.07, 6.45) is 2.04. The number of nitrogens with zero attached hydrogens (tertiary/aromatic N) is 4. The molecule has 2 heterocycles. The first-order chi connectivity index (χ1) is 13.2. The molecule has 1 fully saturated rings. The molecular formula is C20H30N4O3. The number of rotatable bonds is 8.